The van der Waals surface area contributed by atoms with Gasteiger partial charge in [-0.1, -0.05) is 12.2 Å². The predicted octanol–water partition coefficient (Wildman–Crippen LogP) is 2.25. The summed E-state index contributed by atoms with van der Waals surface area (Å²) in [5.74, 6) is 0.156. The van der Waals surface area contributed by atoms with Crippen molar-refractivity contribution in [1.29, 1.82) is 0 Å². The Morgan fingerprint density at radius 2 is 1.63 bits per heavy atom. The Labute approximate surface area is 174 Å². The number of esters is 1. The first kappa shape index (κ1) is 19.0. The summed E-state index contributed by atoms with van der Waals surface area (Å²) in [5, 5.41) is 2.75. The molecule has 2 bridgehead atoms. The zero-order valence-electron chi connectivity index (χ0n) is 16.7. The third kappa shape index (κ3) is 2.95. The van der Waals surface area contributed by atoms with Crippen molar-refractivity contribution >= 4 is 29.4 Å². The number of ether oxygens (including phenoxy) is 1. The zero-order chi connectivity index (χ0) is 21.0. The second-order valence-corrected chi connectivity index (χ2v) is 8.58. The molecule has 0 spiro atoms. The molecule has 1 saturated heterocycles. The summed E-state index contributed by atoms with van der Waals surface area (Å²) in [7, 11) is 0. The van der Waals surface area contributed by atoms with Crippen LogP contribution in [0.2, 0.25) is 0 Å². The number of rotatable bonds is 6. The molecule has 156 valence electrons. The number of hydrogen-bond donors (Lipinski definition) is 1. The van der Waals surface area contributed by atoms with Gasteiger partial charge >= 0.3 is 5.97 Å². The van der Waals surface area contributed by atoms with Gasteiger partial charge in [-0.05, 0) is 61.3 Å². The summed E-state index contributed by atoms with van der Waals surface area (Å²) >= 11 is 0. The van der Waals surface area contributed by atoms with Crippen LogP contribution < -0.4 is 5.32 Å². The number of benzene rings is 1. The average Bonchev–Trinajstić information content (AvgIpc) is 3.52. The Morgan fingerprint density at radius 3 is 2.20 bits per heavy atom. The van der Waals surface area contributed by atoms with Crippen LogP contribution in [0.4, 0.5) is 5.69 Å². The molecule has 1 aliphatic heterocycles. The van der Waals surface area contributed by atoms with Crippen LogP contribution in [0, 0.1) is 35.5 Å². The van der Waals surface area contributed by atoms with E-state index in [1.165, 1.54) is 4.90 Å². The number of amides is 3. The number of allylic oxidation sites excluding steroid dienone is 2. The summed E-state index contributed by atoms with van der Waals surface area (Å²) in [6.07, 6.45) is 5.46. The Kier molecular flexibility index (Phi) is 4.49. The van der Waals surface area contributed by atoms with Crippen molar-refractivity contribution in [3.63, 3.8) is 0 Å². The first-order chi connectivity index (χ1) is 14.5. The molecule has 7 heteroatoms. The monoisotopic (exact) mass is 408 g/mol. The van der Waals surface area contributed by atoms with Gasteiger partial charge in [0.1, 0.15) is 0 Å². The minimum absolute atomic E-state index is 0.0478. The minimum atomic E-state index is -0.413. The molecule has 1 N–H and O–H groups in total. The maximum absolute atomic E-state index is 12.9. The first-order valence-corrected chi connectivity index (χ1v) is 10.6. The highest BCUT2D eigenvalue weighted by Gasteiger charge is 2.66. The van der Waals surface area contributed by atoms with E-state index in [1.54, 1.807) is 31.2 Å². The molecule has 30 heavy (non-hydrogen) atoms. The van der Waals surface area contributed by atoms with E-state index >= 15 is 0 Å². The van der Waals surface area contributed by atoms with Gasteiger partial charge in [-0.25, -0.2) is 4.79 Å². The Morgan fingerprint density at radius 1 is 1.03 bits per heavy atom. The summed E-state index contributed by atoms with van der Waals surface area (Å²) < 4.78 is 4.93. The molecule has 4 aliphatic carbocycles. The van der Waals surface area contributed by atoms with Crippen LogP contribution in [0.15, 0.2) is 36.4 Å². The van der Waals surface area contributed by atoms with Crippen molar-refractivity contribution in [2.45, 2.75) is 19.8 Å². The average molecular weight is 408 g/mol. The van der Waals surface area contributed by atoms with Crippen LogP contribution in [0.5, 0.6) is 0 Å². The second-order valence-electron chi connectivity index (χ2n) is 8.58. The topological polar surface area (TPSA) is 92.8 Å². The highest BCUT2D eigenvalue weighted by molar-refractivity contribution is 6.06. The van der Waals surface area contributed by atoms with Crippen LogP contribution in [0.1, 0.15) is 30.1 Å². The van der Waals surface area contributed by atoms with E-state index in [0.29, 0.717) is 29.7 Å². The summed E-state index contributed by atoms with van der Waals surface area (Å²) in [6.45, 7) is 2.14. The predicted molar refractivity (Wildman–Crippen MR) is 107 cm³/mol. The molecule has 0 unspecified atom stereocenters. The Bertz CT molecular complexity index is 917. The molecule has 3 fully saturated rings. The fraction of sp³-hybridized carbons (Fsp3) is 0.478. The molecule has 7 nitrogen and oxygen atoms in total. The lowest BCUT2D eigenvalue weighted by atomic mass is 9.63. The molecule has 2 saturated carbocycles. The molecule has 0 aromatic heterocycles. The smallest absolute Gasteiger partial charge is 0.338 e. The van der Waals surface area contributed by atoms with Crippen molar-refractivity contribution < 1.29 is 23.9 Å². The second kappa shape index (κ2) is 7.07. The van der Waals surface area contributed by atoms with Gasteiger partial charge < -0.3 is 10.1 Å². The van der Waals surface area contributed by atoms with Gasteiger partial charge in [-0.2, -0.15) is 0 Å². The van der Waals surface area contributed by atoms with Crippen molar-refractivity contribution in [3.8, 4) is 0 Å². The highest BCUT2D eigenvalue weighted by Crippen LogP contribution is 2.65. The number of likely N-dealkylation sites (tertiary alicyclic amines) is 1. The van der Waals surface area contributed by atoms with Crippen LogP contribution >= 0.6 is 0 Å². The highest BCUT2D eigenvalue weighted by atomic mass is 16.5. The summed E-state index contributed by atoms with van der Waals surface area (Å²) in [4.78, 5) is 51.2. The minimum Gasteiger partial charge on any atom is -0.462 e. The summed E-state index contributed by atoms with van der Waals surface area (Å²) in [6, 6.07) is 6.42. The molecule has 0 radical (unpaired) electrons. The van der Waals surface area contributed by atoms with Crippen LogP contribution in [0.25, 0.3) is 0 Å². The molecule has 6 rings (SSSR count). The largest absolute Gasteiger partial charge is 0.462 e. The number of hydrogen-bond acceptors (Lipinski definition) is 5. The van der Waals surface area contributed by atoms with Gasteiger partial charge in [0.25, 0.3) is 0 Å². The van der Waals surface area contributed by atoms with E-state index < -0.39 is 5.97 Å². The number of carbonyl (C=O) groups excluding carboxylic acids is 4. The van der Waals surface area contributed by atoms with Crippen molar-refractivity contribution in [2.75, 3.05) is 18.5 Å². The zero-order valence-corrected chi connectivity index (χ0v) is 16.7. The van der Waals surface area contributed by atoms with E-state index in [0.717, 1.165) is 6.42 Å². The maximum atomic E-state index is 12.9. The number of nitrogens with one attached hydrogen (secondary N) is 1. The van der Waals surface area contributed by atoms with E-state index in [4.69, 9.17) is 4.74 Å². The number of carbonyl (C=O) groups is 4. The van der Waals surface area contributed by atoms with Crippen LogP contribution in [-0.4, -0.2) is 41.7 Å². The fourth-order valence-corrected chi connectivity index (χ4v) is 5.58. The van der Waals surface area contributed by atoms with Crippen molar-refractivity contribution in [3.05, 3.63) is 42.0 Å². The normalized spacial score (nSPS) is 32.6. The SMILES string of the molecule is CCOC(=O)c1ccc(NC(=O)CCN2C(=O)[C@@H]3[C@@H]4C=C[C@H]([C@H]5C[C@H]45)[C@@H]3C2=O)cc1. The number of nitrogens with zero attached hydrogens (tertiary/aromatic N) is 1. The van der Waals surface area contributed by atoms with Crippen LogP contribution in [-0.2, 0) is 19.1 Å². The quantitative estimate of drug-likeness (QED) is 0.443. The molecule has 3 amide bonds. The number of anilines is 1. The molecule has 6 atom stereocenters. The van der Waals surface area contributed by atoms with Gasteiger partial charge in [0.2, 0.25) is 17.7 Å². The van der Waals surface area contributed by atoms with Crippen molar-refractivity contribution in [1.82, 2.24) is 4.90 Å². The van der Waals surface area contributed by atoms with E-state index in [1.807, 2.05) is 0 Å². The van der Waals surface area contributed by atoms with Gasteiger partial charge in [0.05, 0.1) is 24.0 Å². The van der Waals surface area contributed by atoms with Crippen molar-refractivity contribution in [2.24, 2.45) is 35.5 Å². The lowest BCUT2D eigenvalue weighted by Crippen LogP contribution is -2.40. The lowest BCUT2D eigenvalue weighted by molar-refractivity contribution is -0.140. The molecule has 5 aliphatic rings. The molecular weight excluding hydrogens is 384 g/mol. The standard InChI is InChI=1S/C23H24N2O5/c1-2-30-23(29)12-3-5-13(6-4-12)24-18(26)9-10-25-21(27)19-14-7-8-15(17-11-16(14)17)20(19)22(25)28/h3-8,14-17,19-20H,2,9-11H2,1H3,(H,24,26)/t14-,15-,16-,17-,19-,20+/m1/s1. The fourth-order valence-electron chi connectivity index (χ4n) is 5.58. The molecule has 1 heterocycles. The van der Waals surface area contributed by atoms with Gasteiger partial charge in [-0.15, -0.1) is 0 Å². The molecule has 1 aromatic rings. The third-order valence-corrected chi connectivity index (χ3v) is 7.00. The van der Waals surface area contributed by atoms with E-state index in [9.17, 15) is 19.2 Å². The summed E-state index contributed by atoms with van der Waals surface area (Å²) in [5.41, 5.74) is 0.954. The third-order valence-electron chi connectivity index (χ3n) is 7.00. The maximum Gasteiger partial charge on any atom is 0.338 e. The van der Waals surface area contributed by atoms with E-state index in [2.05, 4.69) is 17.5 Å². The Balaban J connectivity index is 1.18. The van der Waals surface area contributed by atoms with Gasteiger partial charge in [0.15, 0.2) is 0 Å². The van der Waals surface area contributed by atoms with Gasteiger partial charge in [0, 0.05) is 18.7 Å². The van der Waals surface area contributed by atoms with E-state index in [-0.39, 0.29) is 54.4 Å². The molecule has 1 aromatic carbocycles. The first-order valence-electron chi connectivity index (χ1n) is 10.6. The molecular formula is C23H24N2O5. The Hall–Kier alpha value is -2.96. The van der Waals surface area contributed by atoms with Gasteiger partial charge in [-0.3, -0.25) is 19.3 Å². The lowest BCUT2D eigenvalue weighted by Gasteiger charge is -2.37. The van der Waals surface area contributed by atoms with Crippen LogP contribution in [0.3, 0.4) is 0 Å². The number of imide groups is 1.